The lowest BCUT2D eigenvalue weighted by atomic mass is 10.2. The Balaban J connectivity index is 2.08. The molecule has 0 spiro atoms. The molecule has 2 aromatic carbocycles. The molecule has 0 bridgehead atoms. The summed E-state index contributed by atoms with van der Waals surface area (Å²) < 4.78 is 32.5. The number of nitrogens with zero attached hydrogens (tertiary/aromatic N) is 1. The van der Waals surface area contributed by atoms with Gasteiger partial charge < -0.3 is 15.0 Å². The Hall–Kier alpha value is -2.42. The van der Waals surface area contributed by atoms with Crippen LogP contribution in [0.5, 0.6) is 5.75 Å². The average molecular weight is 391 g/mol. The van der Waals surface area contributed by atoms with Crippen LogP contribution >= 0.6 is 0 Å². The third kappa shape index (κ3) is 6.35. The van der Waals surface area contributed by atoms with Crippen molar-refractivity contribution in [2.45, 2.75) is 11.3 Å². The van der Waals surface area contributed by atoms with Crippen LogP contribution in [-0.4, -0.2) is 53.5 Å². The second kappa shape index (κ2) is 9.50. The van der Waals surface area contributed by atoms with E-state index in [1.54, 1.807) is 43.5 Å². The largest absolute Gasteiger partial charge is 0.497 e. The second-order valence-corrected chi connectivity index (χ2v) is 8.04. The average Bonchev–Trinajstić information content (AvgIpc) is 2.65. The summed E-state index contributed by atoms with van der Waals surface area (Å²) in [4.78, 5) is 14.5. The molecule has 0 unspecified atom stereocenters. The Morgan fingerprint density at radius 2 is 1.85 bits per heavy atom. The van der Waals surface area contributed by atoms with Crippen molar-refractivity contribution in [3.63, 3.8) is 0 Å². The van der Waals surface area contributed by atoms with Crippen molar-refractivity contribution in [1.82, 2.24) is 9.62 Å². The predicted octanol–water partition coefficient (Wildman–Crippen LogP) is 2.18. The third-order valence-electron chi connectivity index (χ3n) is 3.81. The highest BCUT2D eigenvalue weighted by molar-refractivity contribution is 7.89. The summed E-state index contributed by atoms with van der Waals surface area (Å²) >= 11 is 0. The fraction of sp³-hybridized carbons (Fsp3) is 0.316. The van der Waals surface area contributed by atoms with Crippen molar-refractivity contribution >= 4 is 21.6 Å². The van der Waals surface area contributed by atoms with Crippen LogP contribution in [0, 0.1) is 0 Å². The lowest BCUT2D eigenvalue weighted by Crippen LogP contribution is -2.27. The summed E-state index contributed by atoms with van der Waals surface area (Å²) in [6, 6.07) is 12.9. The van der Waals surface area contributed by atoms with Gasteiger partial charge in [0.1, 0.15) is 5.75 Å². The molecule has 0 aromatic heterocycles. The highest BCUT2D eigenvalue weighted by atomic mass is 32.2. The molecule has 27 heavy (non-hydrogen) atoms. The molecular weight excluding hydrogens is 366 g/mol. The summed E-state index contributed by atoms with van der Waals surface area (Å²) in [6.45, 7) is 1.12. The van der Waals surface area contributed by atoms with Crippen LogP contribution in [0.3, 0.4) is 0 Å². The van der Waals surface area contributed by atoms with Gasteiger partial charge >= 0.3 is 0 Å². The van der Waals surface area contributed by atoms with Gasteiger partial charge in [-0.25, -0.2) is 13.1 Å². The van der Waals surface area contributed by atoms with Crippen molar-refractivity contribution in [2.75, 3.05) is 39.6 Å². The van der Waals surface area contributed by atoms with E-state index in [0.29, 0.717) is 24.4 Å². The van der Waals surface area contributed by atoms with Gasteiger partial charge in [-0.05, 0) is 57.4 Å². The lowest BCUT2D eigenvalue weighted by Gasteiger charge is -2.11. The number of hydrogen-bond acceptors (Lipinski definition) is 5. The molecule has 2 rings (SSSR count). The number of hydrogen-bond donors (Lipinski definition) is 2. The van der Waals surface area contributed by atoms with E-state index in [0.717, 1.165) is 6.54 Å². The molecule has 2 N–H and O–H groups in total. The number of ether oxygens (including phenoxy) is 1. The van der Waals surface area contributed by atoms with E-state index in [2.05, 4.69) is 10.0 Å². The SMILES string of the molecule is COc1cccc(NC(=O)c2cccc(S(=O)(=O)NCCCN(C)C)c2)c1. The van der Waals surface area contributed by atoms with Crippen molar-refractivity contribution in [1.29, 1.82) is 0 Å². The molecule has 0 heterocycles. The summed E-state index contributed by atoms with van der Waals surface area (Å²) in [5.41, 5.74) is 0.823. The van der Waals surface area contributed by atoms with Crippen LogP contribution in [0.2, 0.25) is 0 Å². The number of carbonyl (C=O) groups excluding carboxylic acids is 1. The van der Waals surface area contributed by atoms with Crippen LogP contribution in [-0.2, 0) is 10.0 Å². The highest BCUT2D eigenvalue weighted by Crippen LogP contribution is 2.18. The first-order valence-electron chi connectivity index (χ1n) is 8.52. The Morgan fingerprint density at radius 1 is 1.11 bits per heavy atom. The third-order valence-corrected chi connectivity index (χ3v) is 5.27. The quantitative estimate of drug-likeness (QED) is 0.640. The van der Waals surface area contributed by atoms with Gasteiger partial charge in [0.05, 0.1) is 12.0 Å². The van der Waals surface area contributed by atoms with Crippen LogP contribution in [0.4, 0.5) is 5.69 Å². The van der Waals surface area contributed by atoms with Gasteiger partial charge in [-0.1, -0.05) is 12.1 Å². The molecule has 0 fully saturated rings. The minimum absolute atomic E-state index is 0.0608. The second-order valence-electron chi connectivity index (χ2n) is 6.27. The number of amides is 1. The minimum atomic E-state index is -3.67. The molecule has 146 valence electrons. The van der Waals surface area contributed by atoms with Gasteiger partial charge in [-0.2, -0.15) is 0 Å². The van der Waals surface area contributed by atoms with Gasteiger partial charge in [0.15, 0.2) is 0 Å². The predicted molar refractivity (Wildman–Crippen MR) is 106 cm³/mol. The smallest absolute Gasteiger partial charge is 0.255 e. The van der Waals surface area contributed by atoms with E-state index in [-0.39, 0.29) is 10.5 Å². The molecule has 0 aliphatic heterocycles. The lowest BCUT2D eigenvalue weighted by molar-refractivity contribution is 0.102. The van der Waals surface area contributed by atoms with Crippen LogP contribution in [0.1, 0.15) is 16.8 Å². The molecule has 0 saturated carbocycles. The number of carbonyl (C=O) groups is 1. The first-order chi connectivity index (χ1) is 12.8. The van der Waals surface area contributed by atoms with Gasteiger partial charge in [0.25, 0.3) is 5.91 Å². The zero-order chi connectivity index (χ0) is 19.9. The van der Waals surface area contributed by atoms with E-state index < -0.39 is 15.9 Å². The van der Waals surface area contributed by atoms with E-state index in [1.807, 2.05) is 19.0 Å². The molecule has 0 saturated heterocycles. The van der Waals surface area contributed by atoms with Crippen LogP contribution in [0.15, 0.2) is 53.4 Å². The van der Waals surface area contributed by atoms with Crippen molar-refractivity contribution in [3.05, 3.63) is 54.1 Å². The molecule has 8 heteroatoms. The number of methoxy groups -OCH3 is 1. The van der Waals surface area contributed by atoms with Gasteiger partial charge in [0.2, 0.25) is 10.0 Å². The fourth-order valence-corrected chi connectivity index (χ4v) is 3.51. The number of rotatable bonds is 9. The normalized spacial score (nSPS) is 11.4. The highest BCUT2D eigenvalue weighted by Gasteiger charge is 2.16. The molecule has 0 aliphatic rings. The zero-order valence-electron chi connectivity index (χ0n) is 15.7. The van der Waals surface area contributed by atoms with Crippen molar-refractivity contribution < 1.29 is 17.9 Å². The first kappa shape index (κ1) is 20.9. The molecule has 2 aromatic rings. The molecule has 0 aliphatic carbocycles. The number of nitrogens with one attached hydrogen (secondary N) is 2. The molecular formula is C19H25N3O4S. The number of sulfonamides is 1. The molecule has 0 atom stereocenters. The Morgan fingerprint density at radius 3 is 2.56 bits per heavy atom. The maximum absolute atomic E-state index is 12.5. The van der Waals surface area contributed by atoms with Gasteiger partial charge in [-0.3, -0.25) is 4.79 Å². The summed E-state index contributed by atoms with van der Waals surface area (Å²) in [7, 11) is 1.74. The fourth-order valence-electron chi connectivity index (χ4n) is 2.39. The van der Waals surface area contributed by atoms with Gasteiger partial charge in [0, 0.05) is 23.9 Å². The Kier molecular flexibility index (Phi) is 7.35. The Bertz CT molecular complexity index is 882. The van der Waals surface area contributed by atoms with Crippen molar-refractivity contribution in [2.24, 2.45) is 0 Å². The first-order valence-corrected chi connectivity index (χ1v) is 10.00. The maximum Gasteiger partial charge on any atom is 0.255 e. The molecule has 1 amide bonds. The monoisotopic (exact) mass is 391 g/mol. The summed E-state index contributed by atoms with van der Waals surface area (Å²) in [5.74, 6) is 0.221. The van der Waals surface area contributed by atoms with Gasteiger partial charge in [-0.15, -0.1) is 0 Å². The van der Waals surface area contributed by atoms with Crippen molar-refractivity contribution in [3.8, 4) is 5.75 Å². The summed E-state index contributed by atoms with van der Waals surface area (Å²) in [5, 5.41) is 2.74. The maximum atomic E-state index is 12.5. The standard InChI is InChI=1S/C19H25N3O4S/c1-22(2)12-6-11-20-27(24,25)18-10-4-7-15(13-18)19(23)21-16-8-5-9-17(14-16)26-3/h4-5,7-10,13-14,20H,6,11-12H2,1-3H3,(H,21,23). The Labute approximate surface area is 160 Å². The van der Waals surface area contributed by atoms with E-state index in [1.165, 1.54) is 12.1 Å². The summed E-state index contributed by atoms with van der Waals surface area (Å²) in [6.07, 6.45) is 0.697. The van der Waals surface area contributed by atoms with Crippen LogP contribution in [0.25, 0.3) is 0 Å². The topological polar surface area (TPSA) is 87.7 Å². The minimum Gasteiger partial charge on any atom is -0.497 e. The zero-order valence-corrected chi connectivity index (χ0v) is 16.5. The molecule has 7 nitrogen and oxygen atoms in total. The number of anilines is 1. The van der Waals surface area contributed by atoms with E-state index in [4.69, 9.17) is 4.74 Å². The van der Waals surface area contributed by atoms with Crippen LogP contribution < -0.4 is 14.8 Å². The van der Waals surface area contributed by atoms with E-state index >= 15 is 0 Å². The molecule has 0 radical (unpaired) electrons. The number of benzene rings is 2. The van der Waals surface area contributed by atoms with E-state index in [9.17, 15) is 13.2 Å².